The predicted molar refractivity (Wildman–Crippen MR) is 88.4 cm³/mol. The molecule has 0 aliphatic rings. The minimum atomic E-state index is -0.110. The molecule has 0 radical (unpaired) electrons. The molecule has 0 aliphatic heterocycles. The molecule has 1 nitrogen and oxygen atoms in total. The standard InChI is InChI=1S/C18H22OSe/c1-15(2)9-7-10-16(3)11-8-14-18(19)20-17-12-5-4-6-13-17/h4-6,8-9,11-14H,7,10H2,1-3H3/b14-8+,16-11-. The summed E-state index contributed by atoms with van der Waals surface area (Å²) in [6.07, 6.45) is 9.97. The molecule has 106 valence electrons. The van der Waals surface area contributed by atoms with Crippen LogP contribution < -0.4 is 4.46 Å². The summed E-state index contributed by atoms with van der Waals surface area (Å²) < 4.78 is 1.33. The van der Waals surface area contributed by atoms with Gasteiger partial charge in [-0.25, -0.2) is 0 Å². The molecular weight excluding hydrogens is 311 g/mol. The Balaban J connectivity index is 2.39. The molecular formula is C18H22OSe. The first-order valence-electron chi connectivity index (χ1n) is 6.82. The summed E-state index contributed by atoms with van der Waals surface area (Å²) in [4.78, 5) is 11.8. The van der Waals surface area contributed by atoms with E-state index in [0.29, 0.717) is 0 Å². The van der Waals surface area contributed by atoms with E-state index in [4.69, 9.17) is 0 Å². The molecule has 1 rings (SSSR count). The van der Waals surface area contributed by atoms with Gasteiger partial charge in [0.15, 0.2) is 0 Å². The van der Waals surface area contributed by atoms with Crippen LogP contribution in [-0.4, -0.2) is 19.6 Å². The Morgan fingerprint density at radius 1 is 1.15 bits per heavy atom. The fourth-order valence-corrected chi connectivity index (χ4v) is 3.01. The first kappa shape index (κ1) is 16.7. The quantitative estimate of drug-likeness (QED) is 0.321. The van der Waals surface area contributed by atoms with E-state index in [9.17, 15) is 4.79 Å². The van der Waals surface area contributed by atoms with Crippen molar-refractivity contribution in [3.8, 4) is 0 Å². The van der Waals surface area contributed by atoms with Gasteiger partial charge in [0.05, 0.1) is 0 Å². The van der Waals surface area contributed by atoms with Crippen molar-refractivity contribution in [2.75, 3.05) is 0 Å². The molecule has 0 aromatic heterocycles. The van der Waals surface area contributed by atoms with Crippen LogP contribution >= 0.6 is 0 Å². The topological polar surface area (TPSA) is 17.1 Å². The van der Waals surface area contributed by atoms with Gasteiger partial charge in [0, 0.05) is 0 Å². The van der Waals surface area contributed by atoms with Gasteiger partial charge in [-0.15, -0.1) is 0 Å². The third kappa shape index (κ3) is 7.93. The predicted octanol–water partition coefficient (Wildman–Crippen LogP) is 3.79. The van der Waals surface area contributed by atoms with Crippen molar-refractivity contribution in [1.29, 1.82) is 0 Å². The number of rotatable bonds is 7. The second kappa shape index (κ2) is 9.52. The van der Waals surface area contributed by atoms with Crippen LogP contribution in [0.25, 0.3) is 0 Å². The number of hydrogen-bond donors (Lipinski definition) is 0. The van der Waals surface area contributed by atoms with Gasteiger partial charge >= 0.3 is 128 Å². The first-order valence-corrected chi connectivity index (χ1v) is 8.53. The van der Waals surface area contributed by atoms with Crippen LogP contribution in [0.4, 0.5) is 0 Å². The van der Waals surface area contributed by atoms with Gasteiger partial charge in [-0.3, -0.25) is 0 Å². The van der Waals surface area contributed by atoms with Gasteiger partial charge in [-0.1, -0.05) is 0 Å². The molecule has 1 aromatic rings. The van der Waals surface area contributed by atoms with E-state index in [1.165, 1.54) is 11.1 Å². The molecule has 0 unspecified atom stereocenters. The number of benzene rings is 1. The van der Waals surface area contributed by atoms with Gasteiger partial charge in [0.25, 0.3) is 0 Å². The summed E-state index contributed by atoms with van der Waals surface area (Å²) in [6.45, 7) is 6.34. The zero-order valence-electron chi connectivity index (χ0n) is 12.4. The zero-order valence-corrected chi connectivity index (χ0v) is 14.1. The number of hydrogen-bond acceptors (Lipinski definition) is 1. The maximum absolute atomic E-state index is 11.8. The molecule has 0 spiro atoms. The normalized spacial score (nSPS) is 11.7. The molecule has 1 aromatic carbocycles. The van der Waals surface area contributed by atoms with E-state index in [1.54, 1.807) is 6.08 Å². The summed E-state index contributed by atoms with van der Waals surface area (Å²) in [5.74, 6) is 0. The average Bonchev–Trinajstić information content (AvgIpc) is 2.39. The summed E-state index contributed by atoms with van der Waals surface area (Å²) in [6, 6.07) is 9.93. The van der Waals surface area contributed by atoms with Gasteiger partial charge in [-0.05, 0) is 0 Å². The van der Waals surface area contributed by atoms with Crippen molar-refractivity contribution in [1.82, 2.24) is 0 Å². The van der Waals surface area contributed by atoms with Crippen molar-refractivity contribution < 1.29 is 4.79 Å². The van der Waals surface area contributed by atoms with Crippen molar-refractivity contribution in [2.24, 2.45) is 0 Å². The van der Waals surface area contributed by atoms with Gasteiger partial charge in [-0.2, -0.15) is 0 Å². The Kier molecular flexibility index (Phi) is 7.94. The van der Waals surface area contributed by atoms with Crippen LogP contribution in [0.1, 0.15) is 33.6 Å². The molecule has 20 heavy (non-hydrogen) atoms. The SMILES string of the molecule is CC(C)=CCC/C(C)=C\C=C\C(=O)[Se]c1ccccc1. The molecule has 0 atom stereocenters. The van der Waals surface area contributed by atoms with Crippen LogP contribution in [0.15, 0.2) is 65.8 Å². The molecule has 0 saturated carbocycles. The molecule has 0 aliphatic carbocycles. The van der Waals surface area contributed by atoms with Crippen LogP contribution in [0.3, 0.4) is 0 Å². The minimum absolute atomic E-state index is 0.110. The molecule has 0 bridgehead atoms. The summed E-state index contributed by atoms with van der Waals surface area (Å²) in [7, 11) is 0. The van der Waals surface area contributed by atoms with E-state index in [2.05, 4.69) is 26.8 Å². The summed E-state index contributed by atoms with van der Waals surface area (Å²) >= 11 is -0.110. The second-order valence-corrected chi connectivity index (χ2v) is 7.19. The van der Waals surface area contributed by atoms with E-state index in [-0.39, 0.29) is 19.6 Å². The van der Waals surface area contributed by atoms with Gasteiger partial charge < -0.3 is 0 Å². The van der Waals surface area contributed by atoms with Crippen LogP contribution in [0, 0.1) is 0 Å². The van der Waals surface area contributed by atoms with Crippen molar-refractivity contribution in [3.05, 3.63) is 65.8 Å². The number of carbonyl (C=O) groups is 1. The van der Waals surface area contributed by atoms with E-state index < -0.39 is 0 Å². The Labute approximate surface area is 128 Å². The third-order valence-corrected chi connectivity index (χ3v) is 4.44. The van der Waals surface area contributed by atoms with Crippen LogP contribution in [0.2, 0.25) is 0 Å². The molecule has 0 saturated heterocycles. The van der Waals surface area contributed by atoms with Gasteiger partial charge in [0.1, 0.15) is 0 Å². The Morgan fingerprint density at radius 3 is 2.50 bits per heavy atom. The van der Waals surface area contributed by atoms with Gasteiger partial charge in [0.2, 0.25) is 0 Å². The first-order chi connectivity index (χ1) is 9.58. The molecule has 2 heteroatoms. The van der Waals surface area contributed by atoms with E-state index >= 15 is 0 Å². The van der Waals surface area contributed by atoms with E-state index in [0.717, 1.165) is 17.3 Å². The molecule has 0 N–H and O–H groups in total. The number of allylic oxidation sites excluding steroid dienone is 6. The number of carbonyl (C=O) groups excluding carboxylic acids is 1. The van der Waals surface area contributed by atoms with Crippen LogP contribution in [-0.2, 0) is 4.79 Å². The zero-order chi connectivity index (χ0) is 14.8. The summed E-state index contributed by atoms with van der Waals surface area (Å²) in [5, 5.41) is 0. The summed E-state index contributed by atoms with van der Waals surface area (Å²) in [5.41, 5.74) is 2.66. The average molecular weight is 333 g/mol. The van der Waals surface area contributed by atoms with Crippen molar-refractivity contribution in [2.45, 2.75) is 33.6 Å². The molecule has 0 amide bonds. The Bertz CT molecular complexity index is 505. The Hall–Kier alpha value is -1.37. The van der Waals surface area contributed by atoms with Crippen LogP contribution in [0.5, 0.6) is 0 Å². The molecule has 0 heterocycles. The third-order valence-electron chi connectivity index (χ3n) is 2.67. The fourth-order valence-electron chi connectivity index (χ4n) is 1.60. The van der Waals surface area contributed by atoms with Crippen molar-refractivity contribution >= 4 is 24.1 Å². The van der Waals surface area contributed by atoms with E-state index in [1.807, 2.05) is 42.5 Å². The monoisotopic (exact) mass is 334 g/mol. The maximum atomic E-state index is 11.8. The fraction of sp³-hybridized carbons (Fsp3) is 0.278. The Morgan fingerprint density at radius 2 is 1.85 bits per heavy atom. The molecule has 0 fully saturated rings. The second-order valence-electron chi connectivity index (χ2n) is 4.93. The van der Waals surface area contributed by atoms with Crippen molar-refractivity contribution in [3.63, 3.8) is 0 Å².